The van der Waals surface area contributed by atoms with Gasteiger partial charge in [-0.25, -0.2) is 9.59 Å². The Labute approximate surface area is 113 Å². The average molecular weight is 268 g/mol. The fraction of sp³-hybridized carbons (Fsp3) is 0.692. The number of aliphatic carboxylic acids is 1. The number of carboxylic acids is 1. The molecule has 6 heteroatoms. The number of nitrogens with one attached hydrogen (secondary N) is 1. The third kappa shape index (κ3) is 4.79. The third-order valence-corrected chi connectivity index (χ3v) is 3.03. The molecule has 0 bridgehead atoms. The van der Waals surface area contributed by atoms with Gasteiger partial charge in [0, 0.05) is 26.1 Å². The second-order valence-electron chi connectivity index (χ2n) is 4.42. The predicted molar refractivity (Wildman–Crippen MR) is 69.6 cm³/mol. The largest absolute Gasteiger partial charge is 0.480 e. The maximum atomic E-state index is 12.0. The molecule has 2 N–H and O–H groups in total. The molecule has 2 atom stereocenters. The van der Waals surface area contributed by atoms with Gasteiger partial charge in [-0.05, 0) is 19.8 Å². The number of urea groups is 1. The van der Waals surface area contributed by atoms with Crippen molar-refractivity contribution in [2.75, 3.05) is 19.7 Å². The lowest BCUT2D eigenvalue weighted by Gasteiger charge is -2.25. The highest BCUT2D eigenvalue weighted by atomic mass is 16.5. The van der Waals surface area contributed by atoms with Crippen molar-refractivity contribution < 1.29 is 19.4 Å². The van der Waals surface area contributed by atoms with E-state index in [-0.39, 0.29) is 12.5 Å². The Morgan fingerprint density at radius 3 is 2.84 bits per heavy atom. The van der Waals surface area contributed by atoms with E-state index in [1.165, 1.54) is 0 Å². The zero-order chi connectivity index (χ0) is 14.3. The molecule has 1 aliphatic heterocycles. The first-order valence-electron chi connectivity index (χ1n) is 6.41. The van der Waals surface area contributed by atoms with E-state index in [2.05, 4.69) is 11.2 Å². The summed E-state index contributed by atoms with van der Waals surface area (Å²) >= 11 is 0. The van der Waals surface area contributed by atoms with Gasteiger partial charge in [-0.15, -0.1) is 12.3 Å². The van der Waals surface area contributed by atoms with Crippen LogP contribution in [0, 0.1) is 12.3 Å². The summed E-state index contributed by atoms with van der Waals surface area (Å²) in [5.74, 6) is 1.12. The second kappa shape index (κ2) is 7.64. The minimum atomic E-state index is -1.13. The van der Waals surface area contributed by atoms with E-state index in [1.54, 1.807) is 4.90 Å². The van der Waals surface area contributed by atoms with E-state index < -0.39 is 18.0 Å². The molecule has 19 heavy (non-hydrogen) atoms. The van der Waals surface area contributed by atoms with Crippen molar-refractivity contribution in [1.29, 1.82) is 0 Å². The molecular formula is C13H20N2O4. The van der Waals surface area contributed by atoms with Crippen LogP contribution in [-0.2, 0) is 9.53 Å². The van der Waals surface area contributed by atoms with E-state index in [0.29, 0.717) is 13.1 Å². The van der Waals surface area contributed by atoms with Gasteiger partial charge in [0.25, 0.3) is 0 Å². The van der Waals surface area contributed by atoms with Crippen LogP contribution in [0.5, 0.6) is 0 Å². The molecule has 0 aromatic carbocycles. The number of amides is 2. The monoisotopic (exact) mass is 268 g/mol. The molecule has 0 aromatic rings. The molecule has 106 valence electrons. The molecular weight excluding hydrogens is 248 g/mol. The minimum Gasteiger partial charge on any atom is -0.480 e. The van der Waals surface area contributed by atoms with Crippen LogP contribution in [0.2, 0.25) is 0 Å². The summed E-state index contributed by atoms with van der Waals surface area (Å²) in [5, 5.41) is 11.4. The molecule has 6 nitrogen and oxygen atoms in total. The summed E-state index contributed by atoms with van der Waals surface area (Å²) in [6.45, 7) is 3.53. The Kier molecular flexibility index (Phi) is 6.16. The predicted octanol–water partition coefficient (Wildman–Crippen LogP) is 0.673. The minimum absolute atomic E-state index is 0.0292. The van der Waals surface area contributed by atoms with Gasteiger partial charge in [0.2, 0.25) is 0 Å². The SMILES string of the molecule is C#CCC(NC(=O)N(CC)CC1CCCO1)C(=O)O. The summed E-state index contributed by atoms with van der Waals surface area (Å²) in [6, 6.07) is -1.46. The lowest BCUT2D eigenvalue weighted by atomic mass is 10.2. The van der Waals surface area contributed by atoms with Crippen molar-refractivity contribution in [2.24, 2.45) is 0 Å². The van der Waals surface area contributed by atoms with Crippen LogP contribution in [0.1, 0.15) is 26.2 Å². The maximum Gasteiger partial charge on any atom is 0.327 e. The molecule has 2 unspecified atom stereocenters. The Morgan fingerprint density at radius 1 is 1.63 bits per heavy atom. The van der Waals surface area contributed by atoms with Crippen LogP contribution in [-0.4, -0.2) is 53.8 Å². The number of carboxylic acid groups (broad SMARTS) is 1. The summed E-state index contributed by atoms with van der Waals surface area (Å²) in [7, 11) is 0. The Morgan fingerprint density at radius 2 is 2.37 bits per heavy atom. The Hall–Kier alpha value is -1.74. The van der Waals surface area contributed by atoms with E-state index in [1.807, 2.05) is 6.92 Å². The van der Waals surface area contributed by atoms with Crippen LogP contribution in [0.3, 0.4) is 0 Å². The van der Waals surface area contributed by atoms with Crippen molar-refractivity contribution >= 4 is 12.0 Å². The fourth-order valence-electron chi connectivity index (χ4n) is 1.95. The van der Waals surface area contributed by atoms with Gasteiger partial charge < -0.3 is 20.1 Å². The Bertz CT molecular complexity index is 358. The Balaban J connectivity index is 2.52. The maximum absolute atomic E-state index is 12.0. The smallest absolute Gasteiger partial charge is 0.327 e. The first-order valence-corrected chi connectivity index (χ1v) is 6.41. The zero-order valence-electron chi connectivity index (χ0n) is 11.1. The molecule has 0 aliphatic carbocycles. The molecule has 1 aliphatic rings. The molecule has 1 fully saturated rings. The van der Waals surface area contributed by atoms with Gasteiger partial charge in [0.05, 0.1) is 6.10 Å². The average Bonchev–Trinajstić information content (AvgIpc) is 2.87. The van der Waals surface area contributed by atoms with E-state index in [9.17, 15) is 9.59 Å². The van der Waals surface area contributed by atoms with E-state index >= 15 is 0 Å². The lowest BCUT2D eigenvalue weighted by molar-refractivity contribution is -0.139. The van der Waals surface area contributed by atoms with Crippen LogP contribution < -0.4 is 5.32 Å². The van der Waals surface area contributed by atoms with Crippen LogP contribution >= 0.6 is 0 Å². The highest BCUT2D eigenvalue weighted by Gasteiger charge is 2.25. The van der Waals surface area contributed by atoms with Crippen molar-refractivity contribution in [1.82, 2.24) is 10.2 Å². The summed E-state index contributed by atoms with van der Waals surface area (Å²) in [5.41, 5.74) is 0. The standard InChI is InChI=1S/C13H20N2O4/c1-3-6-11(12(16)17)14-13(18)15(4-2)9-10-7-5-8-19-10/h1,10-11H,4-9H2,2H3,(H,14,18)(H,16,17). The number of carbonyl (C=O) groups is 2. The summed E-state index contributed by atoms with van der Waals surface area (Å²) in [6.07, 6.45) is 7.03. The number of likely N-dealkylation sites (N-methyl/N-ethyl adjacent to an activating group) is 1. The van der Waals surface area contributed by atoms with Crippen LogP contribution in [0.25, 0.3) is 0 Å². The van der Waals surface area contributed by atoms with Gasteiger partial charge >= 0.3 is 12.0 Å². The van der Waals surface area contributed by atoms with Crippen LogP contribution in [0.15, 0.2) is 0 Å². The molecule has 0 radical (unpaired) electrons. The van der Waals surface area contributed by atoms with Gasteiger partial charge in [-0.2, -0.15) is 0 Å². The van der Waals surface area contributed by atoms with E-state index in [0.717, 1.165) is 19.4 Å². The number of nitrogens with zero attached hydrogens (tertiary/aromatic N) is 1. The lowest BCUT2D eigenvalue weighted by Crippen LogP contribution is -2.49. The number of hydrogen-bond acceptors (Lipinski definition) is 3. The van der Waals surface area contributed by atoms with Gasteiger partial charge in [0.1, 0.15) is 6.04 Å². The van der Waals surface area contributed by atoms with E-state index in [4.69, 9.17) is 16.3 Å². The van der Waals surface area contributed by atoms with Gasteiger partial charge in [-0.3, -0.25) is 0 Å². The topological polar surface area (TPSA) is 78.9 Å². The molecule has 0 aromatic heterocycles. The summed E-state index contributed by atoms with van der Waals surface area (Å²) in [4.78, 5) is 24.5. The van der Waals surface area contributed by atoms with Gasteiger partial charge in [0.15, 0.2) is 0 Å². The molecule has 1 saturated heterocycles. The highest BCUT2D eigenvalue weighted by molar-refractivity contribution is 5.82. The molecule has 1 heterocycles. The number of hydrogen-bond donors (Lipinski definition) is 2. The highest BCUT2D eigenvalue weighted by Crippen LogP contribution is 2.13. The number of terminal acetylenes is 1. The van der Waals surface area contributed by atoms with Crippen molar-refractivity contribution in [3.63, 3.8) is 0 Å². The number of carbonyl (C=O) groups excluding carboxylic acids is 1. The van der Waals surface area contributed by atoms with Crippen molar-refractivity contribution in [3.8, 4) is 12.3 Å². The normalized spacial score (nSPS) is 19.5. The number of ether oxygens (including phenoxy) is 1. The second-order valence-corrected chi connectivity index (χ2v) is 4.42. The van der Waals surface area contributed by atoms with Crippen LogP contribution in [0.4, 0.5) is 4.79 Å². The fourth-order valence-corrected chi connectivity index (χ4v) is 1.95. The van der Waals surface area contributed by atoms with Crippen molar-refractivity contribution in [2.45, 2.75) is 38.3 Å². The summed E-state index contributed by atoms with van der Waals surface area (Å²) < 4.78 is 5.47. The quantitative estimate of drug-likeness (QED) is 0.694. The van der Waals surface area contributed by atoms with Gasteiger partial charge in [-0.1, -0.05) is 0 Å². The zero-order valence-corrected chi connectivity index (χ0v) is 11.1. The molecule has 2 amide bonds. The van der Waals surface area contributed by atoms with Crippen molar-refractivity contribution in [3.05, 3.63) is 0 Å². The third-order valence-electron chi connectivity index (χ3n) is 3.03. The molecule has 0 spiro atoms. The molecule has 0 saturated carbocycles. The first kappa shape index (κ1) is 15.3. The number of rotatable bonds is 6. The first-order chi connectivity index (χ1) is 9.08. The molecule has 1 rings (SSSR count).